The molecule has 0 saturated carbocycles. The molecule has 0 bridgehead atoms. The molecule has 0 aliphatic rings. The molecule has 2 heterocycles. The minimum absolute atomic E-state index is 0.0781. The highest BCUT2D eigenvalue weighted by atomic mass is 32.1. The maximum absolute atomic E-state index is 12.0. The van der Waals surface area contributed by atoms with Gasteiger partial charge in [0.25, 0.3) is 0 Å². The van der Waals surface area contributed by atoms with Crippen LogP contribution in [0.5, 0.6) is 0 Å². The predicted octanol–water partition coefficient (Wildman–Crippen LogP) is 3.56. The molecule has 4 nitrogen and oxygen atoms in total. The van der Waals surface area contributed by atoms with Crippen LogP contribution in [0.25, 0.3) is 16.3 Å². The van der Waals surface area contributed by atoms with E-state index in [4.69, 9.17) is 4.42 Å². The van der Waals surface area contributed by atoms with E-state index >= 15 is 0 Å². The van der Waals surface area contributed by atoms with Crippen LogP contribution in [0.1, 0.15) is 10.8 Å². The van der Waals surface area contributed by atoms with Gasteiger partial charge in [-0.15, -0.1) is 11.3 Å². The highest BCUT2D eigenvalue weighted by Crippen LogP contribution is 2.22. The largest absolute Gasteiger partial charge is 0.465 e. The van der Waals surface area contributed by atoms with Gasteiger partial charge in [0.15, 0.2) is 0 Å². The number of nitrogens with zero attached hydrogens (tertiary/aromatic N) is 2. The van der Waals surface area contributed by atoms with Crippen LogP contribution in [0.15, 0.2) is 53.2 Å². The standard InChI is InChI=1S/C16H14N2O2S/c1-18(16(19)9-8-12-5-4-10-20-12)11-15-17-13-6-2-3-7-14(13)21-15/h2-10H,11H2,1H3/b9-8+. The van der Waals surface area contributed by atoms with Gasteiger partial charge in [-0.05, 0) is 30.3 Å². The average Bonchev–Trinajstić information content (AvgIpc) is 3.13. The Morgan fingerprint density at radius 3 is 2.95 bits per heavy atom. The Balaban J connectivity index is 1.67. The van der Waals surface area contributed by atoms with Gasteiger partial charge >= 0.3 is 0 Å². The molecule has 5 heteroatoms. The topological polar surface area (TPSA) is 46.3 Å². The minimum Gasteiger partial charge on any atom is -0.465 e. The molecule has 0 unspecified atom stereocenters. The number of rotatable bonds is 4. The molecule has 3 rings (SSSR count). The van der Waals surface area contributed by atoms with E-state index in [1.165, 1.54) is 6.08 Å². The van der Waals surface area contributed by atoms with E-state index in [9.17, 15) is 4.79 Å². The lowest BCUT2D eigenvalue weighted by atomic mass is 10.3. The van der Waals surface area contributed by atoms with Crippen molar-refractivity contribution in [2.24, 2.45) is 0 Å². The van der Waals surface area contributed by atoms with Crippen LogP contribution in [0, 0.1) is 0 Å². The summed E-state index contributed by atoms with van der Waals surface area (Å²) in [6, 6.07) is 11.6. The zero-order chi connectivity index (χ0) is 14.7. The fourth-order valence-corrected chi connectivity index (χ4v) is 2.96. The molecule has 0 radical (unpaired) electrons. The minimum atomic E-state index is -0.0781. The fraction of sp³-hybridized carbons (Fsp3) is 0.125. The van der Waals surface area contributed by atoms with Gasteiger partial charge in [0.2, 0.25) is 5.91 Å². The van der Waals surface area contributed by atoms with Gasteiger partial charge in [0.1, 0.15) is 10.8 Å². The molecule has 0 atom stereocenters. The van der Waals surface area contributed by atoms with Crippen molar-refractivity contribution >= 4 is 33.5 Å². The SMILES string of the molecule is CN(Cc1nc2ccccc2s1)C(=O)/C=C/c1ccco1. The highest BCUT2D eigenvalue weighted by Gasteiger charge is 2.09. The summed E-state index contributed by atoms with van der Waals surface area (Å²) in [6.07, 6.45) is 4.75. The molecule has 1 aromatic carbocycles. The van der Waals surface area contributed by atoms with Gasteiger partial charge in [-0.3, -0.25) is 4.79 Å². The number of para-hydroxylation sites is 1. The van der Waals surface area contributed by atoms with E-state index in [2.05, 4.69) is 4.98 Å². The normalized spacial score (nSPS) is 11.3. The van der Waals surface area contributed by atoms with Crippen LogP contribution in [-0.2, 0) is 11.3 Å². The zero-order valence-corrected chi connectivity index (χ0v) is 12.3. The maximum Gasteiger partial charge on any atom is 0.246 e. The van der Waals surface area contributed by atoms with E-state index < -0.39 is 0 Å². The summed E-state index contributed by atoms with van der Waals surface area (Å²) in [5, 5.41) is 0.929. The lowest BCUT2D eigenvalue weighted by molar-refractivity contribution is -0.125. The van der Waals surface area contributed by atoms with Crippen LogP contribution in [-0.4, -0.2) is 22.8 Å². The number of thiazole rings is 1. The van der Waals surface area contributed by atoms with Gasteiger partial charge in [0.05, 0.1) is 23.0 Å². The molecule has 0 saturated heterocycles. The number of aromatic nitrogens is 1. The number of furan rings is 1. The number of hydrogen-bond acceptors (Lipinski definition) is 4. The quantitative estimate of drug-likeness (QED) is 0.692. The van der Waals surface area contributed by atoms with E-state index in [1.54, 1.807) is 47.8 Å². The Bertz CT molecular complexity index is 742. The van der Waals surface area contributed by atoms with Crippen LogP contribution in [0.4, 0.5) is 0 Å². The van der Waals surface area contributed by atoms with Gasteiger partial charge in [-0.1, -0.05) is 12.1 Å². The predicted molar refractivity (Wildman–Crippen MR) is 83.8 cm³/mol. The molecule has 0 aliphatic heterocycles. The summed E-state index contributed by atoms with van der Waals surface area (Å²) in [5.41, 5.74) is 0.976. The number of likely N-dealkylation sites (N-methyl/N-ethyl adjacent to an activating group) is 1. The van der Waals surface area contributed by atoms with Gasteiger partial charge < -0.3 is 9.32 Å². The summed E-state index contributed by atoms with van der Waals surface area (Å²) >= 11 is 1.61. The lowest BCUT2D eigenvalue weighted by Gasteiger charge is -2.12. The number of carbonyl (C=O) groups excluding carboxylic acids is 1. The first-order valence-corrected chi connectivity index (χ1v) is 7.35. The summed E-state index contributed by atoms with van der Waals surface area (Å²) in [6.45, 7) is 0.501. The van der Waals surface area contributed by atoms with Crippen molar-refractivity contribution in [2.45, 2.75) is 6.54 Å². The molecule has 2 aromatic heterocycles. The first kappa shape index (κ1) is 13.6. The monoisotopic (exact) mass is 298 g/mol. The molecule has 21 heavy (non-hydrogen) atoms. The summed E-state index contributed by atoms with van der Waals surface area (Å²) in [4.78, 5) is 18.2. The Hall–Kier alpha value is -2.40. The number of amides is 1. The third kappa shape index (κ3) is 3.20. The molecule has 1 amide bonds. The number of hydrogen-bond donors (Lipinski definition) is 0. The number of benzene rings is 1. The highest BCUT2D eigenvalue weighted by molar-refractivity contribution is 7.18. The van der Waals surface area contributed by atoms with E-state index in [0.29, 0.717) is 12.3 Å². The molecule has 0 spiro atoms. The first-order chi connectivity index (χ1) is 10.2. The third-order valence-electron chi connectivity index (χ3n) is 3.02. The van der Waals surface area contributed by atoms with E-state index in [-0.39, 0.29) is 5.91 Å². The fourth-order valence-electron chi connectivity index (χ4n) is 1.94. The zero-order valence-electron chi connectivity index (χ0n) is 11.5. The number of carbonyl (C=O) groups is 1. The first-order valence-electron chi connectivity index (χ1n) is 6.53. The van der Waals surface area contributed by atoms with Crippen LogP contribution in [0.3, 0.4) is 0 Å². The second kappa shape index (κ2) is 5.93. The van der Waals surface area contributed by atoms with E-state index in [0.717, 1.165) is 15.2 Å². The Morgan fingerprint density at radius 2 is 2.19 bits per heavy atom. The second-order valence-corrected chi connectivity index (χ2v) is 5.73. The van der Waals surface area contributed by atoms with Crippen LogP contribution in [0.2, 0.25) is 0 Å². The third-order valence-corrected chi connectivity index (χ3v) is 4.04. The second-order valence-electron chi connectivity index (χ2n) is 4.62. The van der Waals surface area contributed by atoms with Crippen molar-refractivity contribution in [1.82, 2.24) is 9.88 Å². The van der Waals surface area contributed by atoms with Gasteiger partial charge in [-0.25, -0.2) is 4.98 Å². The molecule has 0 aliphatic carbocycles. The molecule has 0 N–H and O–H groups in total. The van der Waals surface area contributed by atoms with Gasteiger partial charge in [0, 0.05) is 13.1 Å². The molecule has 0 fully saturated rings. The summed E-state index contributed by atoms with van der Waals surface area (Å²) in [5.74, 6) is 0.586. The molecular formula is C16H14N2O2S. The van der Waals surface area contributed by atoms with Crippen molar-refractivity contribution in [3.05, 3.63) is 59.5 Å². The Labute approximate surface area is 126 Å². The molecule has 3 aromatic rings. The van der Waals surface area contributed by atoms with Crippen molar-refractivity contribution in [2.75, 3.05) is 7.05 Å². The smallest absolute Gasteiger partial charge is 0.246 e. The van der Waals surface area contributed by atoms with Crippen LogP contribution >= 0.6 is 11.3 Å². The molecular weight excluding hydrogens is 284 g/mol. The number of fused-ring (bicyclic) bond motifs is 1. The van der Waals surface area contributed by atoms with Crippen molar-refractivity contribution in [3.8, 4) is 0 Å². The Morgan fingerprint density at radius 1 is 1.33 bits per heavy atom. The van der Waals surface area contributed by atoms with Crippen molar-refractivity contribution in [1.29, 1.82) is 0 Å². The lowest BCUT2D eigenvalue weighted by Crippen LogP contribution is -2.23. The summed E-state index contributed by atoms with van der Waals surface area (Å²) in [7, 11) is 1.76. The van der Waals surface area contributed by atoms with Gasteiger partial charge in [-0.2, -0.15) is 0 Å². The van der Waals surface area contributed by atoms with Crippen molar-refractivity contribution < 1.29 is 9.21 Å². The maximum atomic E-state index is 12.0. The van der Waals surface area contributed by atoms with E-state index in [1.807, 2.05) is 24.3 Å². The summed E-state index contributed by atoms with van der Waals surface area (Å²) < 4.78 is 6.29. The average molecular weight is 298 g/mol. The molecule has 106 valence electrons. The van der Waals surface area contributed by atoms with Crippen molar-refractivity contribution in [3.63, 3.8) is 0 Å². The Kier molecular flexibility index (Phi) is 3.83. The van der Waals surface area contributed by atoms with Crippen LogP contribution < -0.4 is 0 Å².